The largest absolute Gasteiger partial charge is 0.366 e. The molecule has 0 unspecified atom stereocenters. The first-order valence-electron chi connectivity index (χ1n) is 6.55. The highest BCUT2D eigenvalue weighted by atomic mass is 15.1. The Morgan fingerprint density at radius 2 is 2.17 bits per heavy atom. The lowest BCUT2D eigenvalue weighted by Crippen LogP contribution is -2.39. The van der Waals surface area contributed by atoms with Gasteiger partial charge in [0, 0.05) is 31.9 Å². The van der Waals surface area contributed by atoms with E-state index in [9.17, 15) is 0 Å². The van der Waals surface area contributed by atoms with Gasteiger partial charge in [0.1, 0.15) is 5.82 Å². The Morgan fingerprint density at radius 3 is 2.78 bits per heavy atom. The summed E-state index contributed by atoms with van der Waals surface area (Å²) in [4.78, 5) is 11.1. The van der Waals surface area contributed by atoms with Gasteiger partial charge in [-0.05, 0) is 26.7 Å². The molecule has 98 valence electrons. The highest BCUT2D eigenvalue weighted by Gasteiger charge is 2.19. The maximum atomic E-state index is 4.43. The second-order valence-electron chi connectivity index (χ2n) is 5.20. The third kappa shape index (κ3) is 3.81. The van der Waals surface area contributed by atoms with E-state index in [1.807, 2.05) is 6.92 Å². The molecule has 2 rings (SSSR count). The molecule has 1 fully saturated rings. The summed E-state index contributed by atoms with van der Waals surface area (Å²) in [5.74, 6) is 0.897. The van der Waals surface area contributed by atoms with Gasteiger partial charge in [-0.2, -0.15) is 0 Å². The molecular formula is C14H22N4. The van der Waals surface area contributed by atoms with E-state index in [0.717, 1.165) is 44.0 Å². The van der Waals surface area contributed by atoms with Gasteiger partial charge < -0.3 is 5.32 Å². The van der Waals surface area contributed by atoms with Crippen molar-refractivity contribution in [1.82, 2.24) is 14.9 Å². The minimum Gasteiger partial charge on any atom is -0.366 e. The number of hydrogen-bond acceptors (Lipinski definition) is 4. The first-order valence-corrected chi connectivity index (χ1v) is 6.55. The Morgan fingerprint density at radius 1 is 1.44 bits per heavy atom. The monoisotopic (exact) mass is 246 g/mol. The maximum absolute atomic E-state index is 4.43. The fourth-order valence-electron chi connectivity index (χ4n) is 2.36. The van der Waals surface area contributed by atoms with Crippen molar-refractivity contribution < 1.29 is 0 Å². The van der Waals surface area contributed by atoms with Gasteiger partial charge in [-0.3, -0.25) is 9.88 Å². The molecule has 1 aromatic rings. The SMILES string of the molecule is C=C(C)CN1CCC(Nc2cncc(C)n2)CC1. The summed E-state index contributed by atoms with van der Waals surface area (Å²) >= 11 is 0. The van der Waals surface area contributed by atoms with Crippen LogP contribution < -0.4 is 5.32 Å². The third-order valence-electron chi connectivity index (χ3n) is 3.19. The van der Waals surface area contributed by atoms with Crippen molar-refractivity contribution in [3.63, 3.8) is 0 Å². The maximum Gasteiger partial charge on any atom is 0.145 e. The Bertz CT molecular complexity index is 408. The smallest absolute Gasteiger partial charge is 0.145 e. The zero-order chi connectivity index (χ0) is 13.0. The minimum absolute atomic E-state index is 0.516. The lowest BCUT2D eigenvalue weighted by atomic mass is 10.0. The molecule has 0 spiro atoms. The van der Waals surface area contributed by atoms with Gasteiger partial charge in [0.25, 0.3) is 0 Å². The zero-order valence-corrected chi connectivity index (χ0v) is 11.3. The van der Waals surface area contributed by atoms with Crippen molar-refractivity contribution in [3.8, 4) is 0 Å². The molecule has 1 aliphatic rings. The molecule has 1 aliphatic heterocycles. The van der Waals surface area contributed by atoms with Crippen LogP contribution in [0.5, 0.6) is 0 Å². The Labute approximate surface area is 109 Å². The molecule has 4 heteroatoms. The van der Waals surface area contributed by atoms with Gasteiger partial charge in [-0.25, -0.2) is 4.98 Å². The second kappa shape index (κ2) is 5.96. The molecule has 0 radical (unpaired) electrons. The Balaban J connectivity index is 1.81. The number of hydrogen-bond donors (Lipinski definition) is 1. The van der Waals surface area contributed by atoms with Gasteiger partial charge in [0.15, 0.2) is 0 Å². The standard InChI is InChI=1S/C14H22N4/c1-11(2)10-18-6-4-13(5-7-18)17-14-9-15-8-12(3)16-14/h8-9,13H,1,4-7,10H2,2-3H3,(H,16,17). The fourth-order valence-corrected chi connectivity index (χ4v) is 2.36. The minimum atomic E-state index is 0.516. The first kappa shape index (κ1) is 13.0. The van der Waals surface area contributed by atoms with E-state index in [4.69, 9.17) is 0 Å². The van der Waals surface area contributed by atoms with Crippen LogP contribution in [0.4, 0.5) is 5.82 Å². The van der Waals surface area contributed by atoms with Crippen LogP contribution in [0.25, 0.3) is 0 Å². The van der Waals surface area contributed by atoms with Gasteiger partial charge in [-0.15, -0.1) is 0 Å². The topological polar surface area (TPSA) is 41.0 Å². The van der Waals surface area contributed by atoms with Crippen LogP contribution in [0.1, 0.15) is 25.5 Å². The average molecular weight is 246 g/mol. The van der Waals surface area contributed by atoms with Crippen molar-refractivity contribution in [2.75, 3.05) is 25.0 Å². The summed E-state index contributed by atoms with van der Waals surface area (Å²) in [5.41, 5.74) is 2.20. The molecule has 0 bridgehead atoms. The Kier molecular flexibility index (Phi) is 4.31. The summed E-state index contributed by atoms with van der Waals surface area (Å²) < 4.78 is 0. The second-order valence-corrected chi connectivity index (χ2v) is 5.20. The van der Waals surface area contributed by atoms with Crippen LogP contribution in [-0.4, -0.2) is 40.5 Å². The normalized spacial score (nSPS) is 17.7. The molecule has 0 aliphatic carbocycles. The van der Waals surface area contributed by atoms with Crippen molar-refractivity contribution in [2.24, 2.45) is 0 Å². The van der Waals surface area contributed by atoms with Gasteiger partial charge in [0.2, 0.25) is 0 Å². The molecule has 0 atom stereocenters. The van der Waals surface area contributed by atoms with Crippen LogP contribution in [0.2, 0.25) is 0 Å². The molecule has 1 aromatic heterocycles. The van der Waals surface area contributed by atoms with Gasteiger partial charge in [-0.1, -0.05) is 12.2 Å². The van der Waals surface area contributed by atoms with Crippen molar-refractivity contribution in [1.29, 1.82) is 0 Å². The fraction of sp³-hybridized carbons (Fsp3) is 0.571. The molecule has 1 N–H and O–H groups in total. The molecule has 18 heavy (non-hydrogen) atoms. The van der Waals surface area contributed by atoms with E-state index in [2.05, 4.69) is 33.7 Å². The number of likely N-dealkylation sites (tertiary alicyclic amines) is 1. The number of nitrogens with one attached hydrogen (secondary N) is 1. The summed E-state index contributed by atoms with van der Waals surface area (Å²) in [7, 11) is 0. The average Bonchev–Trinajstić information content (AvgIpc) is 2.31. The number of piperidine rings is 1. The highest BCUT2D eigenvalue weighted by molar-refractivity contribution is 5.33. The van der Waals surface area contributed by atoms with E-state index in [1.165, 1.54) is 5.57 Å². The van der Waals surface area contributed by atoms with Crippen LogP contribution >= 0.6 is 0 Å². The van der Waals surface area contributed by atoms with Crippen LogP contribution in [0.3, 0.4) is 0 Å². The Hall–Kier alpha value is -1.42. The summed E-state index contributed by atoms with van der Waals surface area (Å²) in [6.07, 6.45) is 5.89. The van der Waals surface area contributed by atoms with Gasteiger partial charge >= 0.3 is 0 Å². The van der Waals surface area contributed by atoms with Gasteiger partial charge in [0.05, 0.1) is 11.9 Å². The van der Waals surface area contributed by atoms with Crippen LogP contribution in [-0.2, 0) is 0 Å². The first-order chi connectivity index (χ1) is 8.63. The number of aryl methyl sites for hydroxylation is 1. The molecule has 2 heterocycles. The molecule has 4 nitrogen and oxygen atoms in total. The quantitative estimate of drug-likeness (QED) is 0.827. The van der Waals surface area contributed by atoms with Crippen molar-refractivity contribution in [2.45, 2.75) is 32.7 Å². The predicted octanol–water partition coefficient (Wildman–Crippen LogP) is 2.24. The molecule has 0 amide bonds. The van der Waals surface area contributed by atoms with Crippen molar-refractivity contribution >= 4 is 5.82 Å². The summed E-state index contributed by atoms with van der Waals surface area (Å²) in [6, 6.07) is 0.516. The summed E-state index contributed by atoms with van der Waals surface area (Å²) in [5, 5.41) is 3.47. The zero-order valence-electron chi connectivity index (χ0n) is 11.3. The van der Waals surface area contributed by atoms with E-state index in [0.29, 0.717) is 6.04 Å². The number of rotatable bonds is 4. The predicted molar refractivity (Wildman–Crippen MR) is 74.7 cm³/mol. The molecule has 1 saturated heterocycles. The summed E-state index contributed by atoms with van der Waals surface area (Å²) in [6.45, 7) is 11.3. The molecule has 0 aromatic carbocycles. The van der Waals surface area contributed by atoms with Crippen molar-refractivity contribution in [3.05, 3.63) is 30.2 Å². The highest BCUT2D eigenvalue weighted by Crippen LogP contribution is 2.15. The number of aromatic nitrogens is 2. The number of anilines is 1. The van der Waals surface area contributed by atoms with Crippen LogP contribution in [0.15, 0.2) is 24.5 Å². The van der Waals surface area contributed by atoms with E-state index in [-0.39, 0.29) is 0 Å². The third-order valence-corrected chi connectivity index (χ3v) is 3.19. The molecule has 0 saturated carbocycles. The van der Waals surface area contributed by atoms with E-state index in [1.54, 1.807) is 12.4 Å². The molecular weight excluding hydrogens is 224 g/mol. The lowest BCUT2D eigenvalue weighted by Gasteiger charge is -2.32. The van der Waals surface area contributed by atoms with E-state index < -0.39 is 0 Å². The number of nitrogens with zero attached hydrogens (tertiary/aromatic N) is 3. The lowest BCUT2D eigenvalue weighted by molar-refractivity contribution is 0.235. The van der Waals surface area contributed by atoms with E-state index >= 15 is 0 Å². The van der Waals surface area contributed by atoms with Crippen LogP contribution in [0, 0.1) is 6.92 Å².